The number of rotatable bonds is 7. The first kappa shape index (κ1) is 24.1. The summed E-state index contributed by atoms with van der Waals surface area (Å²) in [5, 5.41) is 0. The van der Waals surface area contributed by atoms with Crippen molar-refractivity contribution in [1.29, 1.82) is 0 Å². The number of fused-ring (bicyclic) bond motifs is 1. The van der Waals surface area contributed by atoms with Gasteiger partial charge in [-0.25, -0.2) is 4.39 Å². The number of carbonyl (C=O) groups excluding carboxylic acids is 3. The molecule has 1 aliphatic carbocycles. The molecule has 34 heavy (non-hydrogen) atoms. The highest BCUT2D eigenvalue weighted by molar-refractivity contribution is 6.06. The molecule has 0 N–H and O–H groups in total. The van der Waals surface area contributed by atoms with E-state index in [9.17, 15) is 18.8 Å². The molecule has 180 valence electrons. The number of likely N-dealkylation sites (N-methyl/N-ethyl adjacent to an activating group) is 1. The van der Waals surface area contributed by atoms with Gasteiger partial charge in [0.15, 0.2) is 5.78 Å². The van der Waals surface area contributed by atoms with Crippen LogP contribution in [0.4, 0.5) is 4.39 Å². The molecule has 2 aliphatic rings. The number of halogens is 1. The Kier molecular flexibility index (Phi) is 7.41. The van der Waals surface area contributed by atoms with E-state index in [4.69, 9.17) is 4.74 Å². The van der Waals surface area contributed by atoms with Gasteiger partial charge < -0.3 is 14.5 Å². The lowest BCUT2D eigenvalue weighted by Crippen LogP contribution is -2.49. The summed E-state index contributed by atoms with van der Waals surface area (Å²) in [6.07, 6.45) is 2.35. The summed E-state index contributed by atoms with van der Waals surface area (Å²) in [7, 11) is 3.28. The summed E-state index contributed by atoms with van der Waals surface area (Å²) in [6.45, 7) is 1.17. The second-order valence-electron chi connectivity index (χ2n) is 9.27. The van der Waals surface area contributed by atoms with Crippen LogP contribution in [0.1, 0.15) is 46.7 Å². The maximum absolute atomic E-state index is 13.4. The molecule has 1 aliphatic heterocycles. The quantitative estimate of drug-likeness (QED) is 0.627. The van der Waals surface area contributed by atoms with Gasteiger partial charge >= 0.3 is 0 Å². The van der Waals surface area contributed by atoms with Crippen molar-refractivity contribution in [2.45, 2.75) is 37.6 Å². The number of ketones is 1. The Hall–Kier alpha value is -3.06. The molecule has 1 saturated heterocycles. The molecule has 0 bridgehead atoms. The average Bonchev–Trinajstić information content (AvgIpc) is 3.19. The van der Waals surface area contributed by atoms with Crippen LogP contribution in [0.3, 0.4) is 0 Å². The SMILES string of the molecule is COCC(=O)N(C)C(Cc1ccc(F)cc1)C1CCN(C(=O)C2CC(=O)c3ccccc32)CC1. The third-order valence-electron chi connectivity index (χ3n) is 7.24. The predicted molar refractivity (Wildman–Crippen MR) is 126 cm³/mol. The molecule has 0 saturated carbocycles. The number of nitrogens with zero attached hydrogens (tertiary/aromatic N) is 2. The topological polar surface area (TPSA) is 66.9 Å². The number of hydrogen-bond donors (Lipinski definition) is 0. The summed E-state index contributed by atoms with van der Waals surface area (Å²) >= 11 is 0. The Bertz CT molecular complexity index is 1050. The van der Waals surface area contributed by atoms with E-state index < -0.39 is 5.92 Å². The van der Waals surface area contributed by atoms with E-state index in [2.05, 4.69) is 0 Å². The lowest BCUT2D eigenvalue weighted by molar-refractivity contribution is -0.139. The number of carbonyl (C=O) groups is 3. The Morgan fingerprint density at radius 1 is 1.12 bits per heavy atom. The summed E-state index contributed by atoms with van der Waals surface area (Å²) in [5.41, 5.74) is 2.45. The summed E-state index contributed by atoms with van der Waals surface area (Å²) in [6, 6.07) is 13.7. The number of methoxy groups -OCH3 is 1. The van der Waals surface area contributed by atoms with Crippen molar-refractivity contribution in [3.05, 3.63) is 71.0 Å². The highest BCUT2D eigenvalue weighted by Crippen LogP contribution is 2.36. The standard InChI is InChI=1S/C27H31FN2O4/c1-29(26(32)17-34-2)24(15-18-7-9-20(28)10-8-18)19-11-13-30(14-12-19)27(33)23-16-25(31)22-6-4-3-5-21(22)23/h3-10,19,23-24H,11-17H2,1-2H3. The largest absolute Gasteiger partial charge is 0.375 e. The third kappa shape index (κ3) is 5.04. The minimum Gasteiger partial charge on any atom is -0.375 e. The molecule has 2 atom stereocenters. The number of likely N-dealkylation sites (tertiary alicyclic amines) is 1. The minimum atomic E-state index is -0.402. The molecule has 2 aromatic rings. The van der Waals surface area contributed by atoms with Crippen LogP contribution in [0.2, 0.25) is 0 Å². The molecule has 2 aromatic carbocycles. The Balaban J connectivity index is 1.45. The molecule has 4 rings (SSSR count). The van der Waals surface area contributed by atoms with Crippen molar-refractivity contribution < 1.29 is 23.5 Å². The van der Waals surface area contributed by atoms with Crippen molar-refractivity contribution in [1.82, 2.24) is 9.80 Å². The van der Waals surface area contributed by atoms with E-state index in [0.29, 0.717) is 25.1 Å². The molecule has 0 spiro atoms. The van der Waals surface area contributed by atoms with Gasteiger partial charge in [-0.3, -0.25) is 14.4 Å². The van der Waals surface area contributed by atoms with Gasteiger partial charge in [0.1, 0.15) is 12.4 Å². The van der Waals surface area contributed by atoms with Gasteiger partial charge in [0.05, 0.1) is 5.92 Å². The normalized spacial score (nSPS) is 19.1. The third-order valence-corrected chi connectivity index (χ3v) is 7.24. The van der Waals surface area contributed by atoms with E-state index >= 15 is 0 Å². The zero-order chi connectivity index (χ0) is 24.2. The van der Waals surface area contributed by atoms with Crippen molar-refractivity contribution in [3.63, 3.8) is 0 Å². The first-order valence-corrected chi connectivity index (χ1v) is 11.8. The fraction of sp³-hybridized carbons (Fsp3) is 0.444. The first-order valence-electron chi connectivity index (χ1n) is 11.8. The second-order valence-corrected chi connectivity index (χ2v) is 9.27. The molecule has 0 radical (unpaired) electrons. The molecule has 0 aromatic heterocycles. The number of hydrogen-bond acceptors (Lipinski definition) is 4. The monoisotopic (exact) mass is 466 g/mol. The summed E-state index contributed by atoms with van der Waals surface area (Å²) < 4.78 is 18.4. The number of Topliss-reactive ketones (excluding diaryl/α,β-unsaturated/α-hetero) is 1. The van der Waals surface area contributed by atoms with E-state index in [-0.39, 0.29) is 48.4 Å². The Labute approximate surface area is 199 Å². The van der Waals surface area contributed by atoms with Crippen LogP contribution in [0.15, 0.2) is 48.5 Å². The zero-order valence-corrected chi connectivity index (χ0v) is 19.7. The fourth-order valence-corrected chi connectivity index (χ4v) is 5.30. The summed E-state index contributed by atoms with van der Waals surface area (Å²) in [5.74, 6) is -0.562. The van der Waals surface area contributed by atoms with E-state index in [1.54, 1.807) is 30.1 Å². The molecule has 1 heterocycles. The second kappa shape index (κ2) is 10.5. The molecule has 2 amide bonds. The lowest BCUT2D eigenvalue weighted by atomic mass is 9.84. The van der Waals surface area contributed by atoms with Crippen molar-refractivity contribution >= 4 is 17.6 Å². The predicted octanol–water partition coefficient (Wildman–Crippen LogP) is 3.45. The molecule has 6 nitrogen and oxygen atoms in total. The van der Waals surface area contributed by atoms with Crippen LogP contribution < -0.4 is 0 Å². The van der Waals surface area contributed by atoms with Crippen LogP contribution in [0.5, 0.6) is 0 Å². The summed E-state index contributed by atoms with van der Waals surface area (Å²) in [4.78, 5) is 41.9. The van der Waals surface area contributed by atoms with Gasteiger partial charge in [0.25, 0.3) is 0 Å². The number of ether oxygens (including phenoxy) is 1. The van der Waals surface area contributed by atoms with Crippen LogP contribution in [-0.2, 0) is 20.7 Å². The van der Waals surface area contributed by atoms with E-state index in [1.807, 2.05) is 23.1 Å². The average molecular weight is 467 g/mol. The fourth-order valence-electron chi connectivity index (χ4n) is 5.30. The smallest absolute Gasteiger partial charge is 0.248 e. The first-order chi connectivity index (χ1) is 16.4. The highest BCUT2D eigenvalue weighted by atomic mass is 19.1. The minimum absolute atomic E-state index is 0.00284. The van der Waals surface area contributed by atoms with Gasteiger partial charge in [-0.15, -0.1) is 0 Å². The number of amides is 2. The van der Waals surface area contributed by atoms with E-state index in [1.165, 1.54) is 19.2 Å². The Morgan fingerprint density at radius 2 is 1.79 bits per heavy atom. The van der Waals surface area contributed by atoms with Gasteiger partial charge in [-0.1, -0.05) is 36.4 Å². The van der Waals surface area contributed by atoms with Gasteiger partial charge in [0.2, 0.25) is 11.8 Å². The van der Waals surface area contributed by atoms with Crippen molar-refractivity contribution in [2.24, 2.45) is 5.92 Å². The van der Waals surface area contributed by atoms with Gasteiger partial charge in [-0.2, -0.15) is 0 Å². The maximum atomic E-state index is 13.4. The molecular formula is C27H31FN2O4. The highest BCUT2D eigenvalue weighted by Gasteiger charge is 2.38. The van der Waals surface area contributed by atoms with Crippen LogP contribution >= 0.6 is 0 Å². The van der Waals surface area contributed by atoms with Gasteiger partial charge in [0, 0.05) is 45.3 Å². The van der Waals surface area contributed by atoms with Crippen molar-refractivity contribution in [2.75, 3.05) is 33.9 Å². The van der Waals surface area contributed by atoms with Crippen LogP contribution in [-0.4, -0.2) is 67.3 Å². The van der Waals surface area contributed by atoms with E-state index in [0.717, 1.165) is 24.0 Å². The molecular weight excluding hydrogens is 435 g/mol. The lowest BCUT2D eigenvalue weighted by Gasteiger charge is -2.40. The molecule has 7 heteroatoms. The zero-order valence-electron chi connectivity index (χ0n) is 19.7. The number of piperidine rings is 1. The van der Waals surface area contributed by atoms with Crippen LogP contribution in [0, 0.1) is 11.7 Å². The Morgan fingerprint density at radius 3 is 2.47 bits per heavy atom. The van der Waals surface area contributed by atoms with Gasteiger partial charge in [-0.05, 0) is 48.4 Å². The van der Waals surface area contributed by atoms with Crippen LogP contribution in [0.25, 0.3) is 0 Å². The van der Waals surface area contributed by atoms with Crippen molar-refractivity contribution in [3.8, 4) is 0 Å². The molecule has 1 fully saturated rings. The molecule has 2 unspecified atom stereocenters. The maximum Gasteiger partial charge on any atom is 0.248 e. The number of benzene rings is 2.